The number of aliphatic hydroxyl groups is 1. The van der Waals surface area contributed by atoms with Crippen molar-refractivity contribution in [1.29, 1.82) is 0 Å². The van der Waals surface area contributed by atoms with Gasteiger partial charge in [-0.3, -0.25) is 25.2 Å². The lowest BCUT2D eigenvalue weighted by Gasteiger charge is -2.26. The molecule has 0 radical (unpaired) electrons. The highest BCUT2D eigenvalue weighted by Crippen LogP contribution is 2.38. The van der Waals surface area contributed by atoms with Crippen LogP contribution in [0.15, 0.2) is 42.9 Å². The van der Waals surface area contributed by atoms with Gasteiger partial charge < -0.3 is 19.9 Å². The van der Waals surface area contributed by atoms with Crippen molar-refractivity contribution in [2.75, 3.05) is 51.3 Å². The van der Waals surface area contributed by atoms with Crippen molar-refractivity contribution in [1.82, 2.24) is 30.2 Å². The van der Waals surface area contributed by atoms with E-state index in [0.717, 1.165) is 54.4 Å². The maximum absolute atomic E-state index is 12.1. The third kappa shape index (κ3) is 6.70. The van der Waals surface area contributed by atoms with E-state index < -0.39 is 5.60 Å². The first-order valence-electron chi connectivity index (χ1n) is 13.2. The van der Waals surface area contributed by atoms with E-state index in [1.54, 1.807) is 32.4 Å². The maximum atomic E-state index is 12.1. The minimum atomic E-state index is -1.09. The number of ether oxygens (including phenoxy) is 2. The summed E-state index contributed by atoms with van der Waals surface area (Å²) < 4.78 is 12.2. The molecule has 0 spiro atoms. The van der Waals surface area contributed by atoms with Gasteiger partial charge in [0.25, 0.3) is 0 Å². The van der Waals surface area contributed by atoms with Crippen molar-refractivity contribution in [2.45, 2.75) is 26.4 Å². The molecule has 210 valence electrons. The van der Waals surface area contributed by atoms with Crippen LogP contribution in [0.3, 0.4) is 0 Å². The molecule has 1 aliphatic heterocycles. The van der Waals surface area contributed by atoms with Crippen molar-refractivity contribution >= 4 is 32.7 Å². The van der Waals surface area contributed by atoms with E-state index >= 15 is 0 Å². The summed E-state index contributed by atoms with van der Waals surface area (Å²) in [7, 11) is 0. The first-order valence-corrected chi connectivity index (χ1v) is 14.1. The van der Waals surface area contributed by atoms with E-state index in [1.807, 2.05) is 31.2 Å². The second-order valence-electron chi connectivity index (χ2n) is 9.90. The zero-order chi connectivity index (χ0) is 28.1. The van der Waals surface area contributed by atoms with Gasteiger partial charge in [-0.25, -0.2) is 9.78 Å². The molecule has 0 aliphatic carbocycles. The number of aromatic nitrogens is 4. The lowest BCUT2D eigenvalue weighted by molar-refractivity contribution is 0.0322. The fraction of sp³-hybridized carbons (Fsp3) is 0.393. The standard InChI is InChI=1S/C28H33N7O4S/c1-4-29-26(36)34-27-33-22-14-18(23-16-32-24(17-31-23)28(2,3)37)13-20(25(22)40-27)21-6-5-19(15-30-21)39-12-9-35-7-10-38-11-8-35/h5-6,13-17,37H,4,7-12H2,1-3H3,(H2,29,33,34,36). The monoisotopic (exact) mass is 563 g/mol. The molecule has 1 aromatic carbocycles. The van der Waals surface area contributed by atoms with Gasteiger partial charge in [-0.15, -0.1) is 0 Å². The highest BCUT2D eigenvalue weighted by atomic mass is 32.1. The van der Waals surface area contributed by atoms with Crippen LogP contribution in [0.5, 0.6) is 5.75 Å². The van der Waals surface area contributed by atoms with E-state index in [2.05, 4.69) is 30.5 Å². The molecule has 2 amide bonds. The first-order chi connectivity index (χ1) is 19.3. The molecular formula is C28H33N7O4S. The maximum Gasteiger partial charge on any atom is 0.321 e. The first kappa shape index (κ1) is 27.8. The topological polar surface area (TPSA) is 135 Å². The summed E-state index contributed by atoms with van der Waals surface area (Å²) in [5.41, 5.74) is 3.09. The predicted molar refractivity (Wildman–Crippen MR) is 155 cm³/mol. The number of hydrogen-bond donors (Lipinski definition) is 3. The Bertz CT molecular complexity index is 1450. The van der Waals surface area contributed by atoms with E-state index in [9.17, 15) is 9.90 Å². The molecule has 1 fully saturated rings. The zero-order valence-corrected chi connectivity index (χ0v) is 23.6. The van der Waals surface area contributed by atoms with Crippen LogP contribution < -0.4 is 15.4 Å². The van der Waals surface area contributed by atoms with Gasteiger partial charge in [0, 0.05) is 37.3 Å². The molecule has 11 nitrogen and oxygen atoms in total. The van der Waals surface area contributed by atoms with Crippen LogP contribution in [0, 0.1) is 0 Å². The lowest BCUT2D eigenvalue weighted by Crippen LogP contribution is -2.38. The van der Waals surface area contributed by atoms with E-state index in [-0.39, 0.29) is 6.03 Å². The second kappa shape index (κ2) is 12.2. The molecule has 4 heterocycles. The molecule has 3 N–H and O–H groups in total. The summed E-state index contributed by atoms with van der Waals surface area (Å²) in [4.78, 5) is 32.8. The Morgan fingerprint density at radius 2 is 1.93 bits per heavy atom. The molecule has 1 saturated heterocycles. The van der Waals surface area contributed by atoms with Gasteiger partial charge >= 0.3 is 6.03 Å². The van der Waals surface area contributed by atoms with Crippen molar-refractivity contribution in [3.05, 3.63) is 48.5 Å². The number of nitrogens with zero attached hydrogens (tertiary/aromatic N) is 5. The average molecular weight is 564 g/mol. The van der Waals surface area contributed by atoms with Crippen molar-refractivity contribution in [2.24, 2.45) is 0 Å². The quantitative estimate of drug-likeness (QED) is 0.277. The summed E-state index contributed by atoms with van der Waals surface area (Å²) >= 11 is 1.38. The molecule has 40 heavy (non-hydrogen) atoms. The molecule has 1 aliphatic rings. The molecule has 4 aromatic rings. The zero-order valence-electron chi connectivity index (χ0n) is 22.8. The number of anilines is 1. The highest BCUT2D eigenvalue weighted by Gasteiger charge is 2.20. The number of amides is 2. The molecule has 0 atom stereocenters. The largest absolute Gasteiger partial charge is 0.491 e. The van der Waals surface area contributed by atoms with Gasteiger partial charge in [-0.05, 0) is 45.0 Å². The van der Waals surface area contributed by atoms with Crippen LogP contribution in [-0.4, -0.2) is 82.0 Å². The number of hydrogen-bond acceptors (Lipinski definition) is 10. The predicted octanol–water partition coefficient (Wildman–Crippen LogP) is 3.90. The number of benzene rings is 1. The number of rotatable bonds is 9. The minimum Gasteiger partial charge on any atom is -0.491 e. The molecule has 3 aromatic heterocycles. The van der Waals surface area contributed by atoms with Crippen LogP contribution >= 0.6 is 11.3 Å². The summed E-state index contributed by atoms with van der Waals surface area (Å²) in [5, 5.41) is 16.3. The Labute approximate surface area is 236 Å². The normalized spacial score (nSPS) is 14.3. The fourth-order valence-corrected chi connectivity index (χ4v) is 5.23. The van der Waals surface area contributed by atoms with E-state index in [4.69, 9.17) is 14.5 Å². The highest BCUT2D eigenvalue weighted by molar-refractivity contribution is 7.22. The number of fused-ring (bicyclic) bond motifs is 1. The van der Waals surface area contributed by atoms with Crippen LogP contribution in [-0.2, 0) is 10.3 Å². The molecule has 12 heteroatoms. The minimum absolute atomic E-state index is 0.312. The van der Waals surface area contributed by atoms with Crippen LogP contribution in [0.2, 0.25) is 0 Å². The number of urea groups is 1. The second-order valence-corrected chi connectivity index (χ2v) is 10.9. The number of thiazole rings is 1. The molecular weight excluding hydrogens is 530 g/mol. The van der Waals surface area contributed by atoms with Crippen molar-refractivity contribution in [3.63, 3.8) is 0 Å². The van der Waals surface area contributed by atoms with E-state index in [1.165, 1.54) is 11.3 Å². The SMILES string of the molecule is CCNC(=O)Nc1nc2cc(-c3cnc(C(C)(C)O)cn3)cc(-c3ccc(OCCN4CCOCC4)cn3)c2s1. The van der Waals surface area contributed by atoms with Gasteiger partial charge in [0.15, 0.2) is 5.13 Å². The van der Waals surface area contributed by atoms with Crippen molar-refractivity contribution < 1.29 is 19.4 Å². The Morgan fingerprint density at radius 1 is 1.12 bits per heavy atom. The smallest absolute Gasteiger partial charge is 0.321 e. The summed E-state index contributed by atoms with van der Waals surface area (Å²) in [6.07, 6.45) is 4.93. The summed E-state index contributed by atoms with van der Waals surface area (Å²) in [6, 6.07) is 7.42. The molecule has 0 bridgehead atoms. The number of morpholine rings is 1. The van der Waals surface area contributed by atoms with Gasteiger partial charge in [0.2, 0.25) is 0 Å². The molecule has 0 unspecified atom stereocenters. The number of pyridine rings is 1. The van der Waals surface area contributed by atoms with Crippen molar-refractivity contribution in [3.8, 4) is 28.3 Å². The van der Waals surface area contributed by atoms with Gasteiger partial charge in [0.1, 0.15) is 18.0 Å². The summed E-state index contributed by atoms with van der Waals surface area (Å²) in [5.74, 6) is 0.695. The van der Waals surface area contributed by atoms with Gasteiger partial charge in [-0.1, -0.05) is 11.3 Å². The Kier molecular flexibility index (Phi) is 8.50. The van der Waals surface area contributed by atoms with Gasteiger partial charge in [0.05, 0.1) is 59.1 Å². The van der Waals surface area contributed by atoms with E-state index in [0.29, 0.717) is 40.9 Å². The van der Waals surface area contributed by atoms with Gasteiger partial charge in [-0.2, -0.15) is 0 Å². The third-order valence-corrected chi connectivity index (χ3v) is 7.43. The number of nitrogens with one attached hydrogen (secondary N) is 2. The molecule has 0 saturated carbocycles. The van der Waals surface area contributed by atoms with Crippen LogP contribution in [0.4, 0.5) is 9.93 Å². The average Bonchev–Trinajstić information content (AvgIpc) is 3.35. The Balaban J connectivity index is 1.43. The van der Waals surface area contributed by atoms with Crippen LogP contribution in [0.1, 0.15) is 26.5 Å². The Morgan fingerprint density at radius 3 is 2.60 bits per heavy atom. The number of carbonyl (C=O) groups excluding carboxylic acids is 1. The Hall–Kier alpha value is -3.71. The lowest BCUT2D eigenvalue weighted by atomic mass is 10.0. The molecule has 5 rings (SSSR count). The van der Waals surface area contributed by atoms with Crippen LogP contribution in [0.25, 0.3) is 32.7 Å². The number of carbonyl (C=O) groups is 1. The third-order valence-electron chi connectivity index (χ3n) is 6.41. The summed E-state index contributed by atoms with van der Waals surface area (Å²) in [6.45, 7) is 10.5. The fourth-order valence-electron chi connectivity index (χ4n) is 4.26.